The summed E-state index contributed by atoms with van der Waals surface area (Å²) in [5.41, 5.74) is -0.702. The van der Waals surface area contributed by atoms with Crippen molar-refractivity contribution in [2.45, 2.75) is 57.9 Å². The third kappa shape index (κ3) is 8.24. The van der Waals surface area contributed by atoms with Gasteiger partial charge in [0.1, 0.15) is 25.1 Å². The quantitative estimate of drug-likeness (QED) is 0.127. The van der Waals surface area contributed by atoms with Crippen LogP contribution in [0.15, 0.2) is 12.2 Å². The zero-order chi connectivity index (χ0) is 21.1. The van der Waals surface area contributed by atoms with Crippen LogP contribution in [0.3, 0.4) is 0 Å². The van der Waals surface area contributed by atoms with Crippen molar-refractivity contribution in [2.75, 3.05) is 12.4 Å². The number of ether oxygens (including phenoxy) is 4. The molecule has 1 fully saturated rings. The molecule has 1 saturated heterocycles. The lowest BCUT2D eigenvalue weighted by Crippen LogP contribution is -2.57. The van der Waals surface area contributed by atoms with Crippen LogP contribution in [-0.4, -0.2) is 60.3 Å². The highest BCUT2D eigenvalue weighted by Crippen LogP contribution is 2.40. The molecule has 0 aromatic rings. The van der Waals surface area contributed by atoms with Crippen molar-refractivity contribution >= 4 is 45.8 Å². The number of hydrogen-bond acceptors (Lipinski definition) is 10. The monoisotopic (exact) mass is 434 g/mol. The summed E-state index contributed by atoms with van der Waals surface area (Å²) in [6.45, 7) is 5.50. The van der Waals surface area contributed by atoms with Crippen LogP contribution in [0.25, 0.3) is 0 Å². The number of carbonyl (C=O) groups excluding carboxylic acids is 4. The first-order chi connectivity index (χ1) is 13.3. The van der Waals surface area contributed by atoms with Gasteiger partial charge in [0.15, 0.2) is 11.5 Å². The van der Waals surface area contributed by atoms with Gasteiger partial charge in [-0.1, -0.05) is 40.7 Å². The minimum atomic E-state index is -1.04. The van der Waals surface area contributed by atoms with Gasteiger partial charge in [-0.15, -0.1) is 0 Å². The molecule has 0 aromatic heterocycles. The van der Waals surface area contributed by atoms with Gasteiger partial charge in [0.05, 0.1) is 5.92 Å². The van der Waals surface area contributed by atoms with Gasteiger partial charge < -0.3 is 23.7 Å². The lowest BCUT2D eigenvalue weighted by Gasteiger charge is -2.42. The van der Waals surface area contributed by atoms with Crippen molar-refractivity contribution in [1.29, 1.82) is 0 Å². The first kappa shape index (κ1) is 24.5. The summed E-state index contributed by atoms with van der Waals surface area (Å²) < 4.78 is 21.5. The summed E-state index contributed by atoms with van der Waals surface area (Å²) in [7, 11) is 2.77. The topological polar surface area (TPSA) is 105 Å². The van der Waals surface area contributed by atoms with Gasteiger partial charge in [-0.25, -0.2) is 0 Å². The van der Waals surface area contributed by atoms with Crippen LogP contribution in [0, 0.1) is 5.92 Å². The highest BCUT2D eigenvalue weighted by atomic mass is 33.1. The third-order valence-electron chi connectivity index (χ3n) is 3.64. The molecule has 1 aliphatic heterocycles. The molecule has 0 aliphatic carbocycles. The Hall–Kier alpha value is -1.52. The van der Waals surface area contributed by atoms with Crippen LogP contribution in [0.5, 0.6) is 0 Å². The maximum atomic E-state index is 11.8. The average Bonchev–Trinajstić information content (AvgIpc) is 2.61. The Morgan fingerprint density at radius 3 is 2.18 bits per heavy atom. The summed E-state index contributed by atoms with van der Waals surface area (Å²) >= 11 is 0. The molecule has 5 atom stereocenters. The number of carbonyl (C=O) groups is 4. The van der Waals surface area contributed by atoms with Gasteiger partial charge in [0, 0.05) is 26.5 Å². The Morgan fingerprint density at radius 2 is 1.64 bits per heavy atom. The van der Waals surface area contributed by atoms with E-state index in [0.29, 0.717) is 12.0 Å². The van der Waals surface area contributed by atoms with E-state index in [1.54, 1.807) is 0 Å². The van der Waals surface area contributed by atoms with E-state index in [2.05, 4.69) is 0 Å². The normalized spacial score (nSPS) is 27.2. The molecule has 8 nitrogen and oxygen atoms in total. The fourth-order valence-corrected chi connectivity index (χ4v) is 4.86. The van der Waals surface area contributed by atoms with Crippen molar-refractivity contribution < 1.29 is 38.1 Å². The van der Waals surface area contributed by atoms with Gasteiger partial charge in [-0.3, -0.25) is 14.4 Å². The van der Waals surface area contributed by atoms with E-state index in [4.69, 9.17) is 18.9 Å². The average molecular weight is 435 g/mol. The van der Waals surface area contributed by atoms with Crippen molar-refractivity contribution in [1.82, 2.24) is 0 Å². The van der Waals surface area contributed by atoms with Gasteiger partial charge >= 0.3 is 17.9 Å². The van der Waals surface area contributed by atoms with Crippen LogP contribution >= 0.6 is 21.6 Å². The maximum absolute atomic E-state index is 11.8. The molecule has 1 heterocycles. The van der Waals surface area contributed by atoms with Crippen molar-refractivity contribution in [3.8, 4) is 0 Å². The molecular formula is C18H26O8S2. The van der Waals surface area contributed by atoms with Crippen LogP contribution < -0.4 is 0 Å². The molecule has 0 spiro atoms. The predicted molar refractivity (Wildman–Crippen MR) is 105 cm³/mol. The summed E-state index contributed by atoms with van der Waals surface area (Å²) in [6.07, 6.45) is 2.67. The predicted octanol–water partition coefficient (Wildman–Crippen LogP) is 2.30. The molecule has 10 heteroatoms. The lowest BCUT2D eigenvalue weighted by molar-refractivity contribution is -0.210. The summed E-state index contributed by atoms with van der Waals surface area (Å²) in [5.74, 6) is -1.99. The minimum Gasteiger partial charge on any atom is -0.463 e. The first-order valence-corrected chi connectivity index (χ1v) is 11.2. The van der Waals surface area contributed by atoms with E-state index in [1.807, 2.05) is 19.1 Å². The molecule has 3 unspecified atom stereocenters. The second kappa shape index (κ2) is 12.8. The van der Waals surface area contributed by atoms with E-state index in [-0.39, 0.29) is 6.61 Å². The van der Waals surface area contributed by atoms with Gasteiger partial charge in [0.25, 0.3) is 0 Å². The zero-order valence-electron chi connectivity index (χ0n) is 16.3. The van der Waals surface area contributed by atoms with E-state index in [0.717, 1.165) is 6.42 Å². The second-order valence-electron chi connectivity index (χ2n) is 5.97. The molecule has 1 rings (SSSR count). The number of aldehydes is 1. The van der Waals surface area contributed by atoms with E-state index in [9.17, 15) is 19.2 Å². The number of allylic oxidation sites excluding steroid dienone is 1. The maximum Gasteiger partial charge on any atom is 0.303 e. The van der Waals surface area contributed by atoms with Gasteiger partial charge in [-0.05, 0) is 6.42 Å². The molecule has 1 aliphatic rings. The molecule has 28 heavy (non-hydrogen) atoms. The molecule has 0 saturated carbocycles. The van der Waals surface area contributed by atoms with Crippen LogP contribution in [0.4, 0.5) is 0 Å². The first-order valence-electron chi connectivity index (χ1n) is 8.81. The number of rotatable bonds is 10. The highest BCUT2D eigenvalue weighted by Gasteiger charge is 2.50. The van der Waals surface area contributed by atoms with E-state index in [1.165, 1.54) is 42.4 Å². The minimum absolute atomic E-state index is 0.193. The molecule has 0 bridgehead atoms. The van der Waals surface area contributed by atoms with Crippen molar-refractivity contribution in [3.63, 3.8) is 0 Å². The molecule has 0 amide bonds. The smallest absolute Gasteiger partial charge is 0.303 e. The fraction of sp³-hybridized carbons (Fsp3) is 0.667. The van der Waals surface area contributed by atoms with E-state index < -0.39 is 47.6 Å². The summed E-state index contributed by atoms with van der Waals surface area (Å²) in [4.78, 5) is 46.1. The second-order valence-corrected chi connectivity index (χ2v) is 8.48. The zero-order valence-corrected chi connectivity index (χ0v) is 18.0. The molecule has 158 valence electrons. The van der Waals surface area contributed by atoms with Gasteiger partial charge in [0.2, 0.25) is 0 Å². The Kier molecular flexibility index (Phi) is 11.2. The molecule has 0 N–H and O–H groups in total. The number of hydrogen-bond donors (Lipinski definition) is 0. The Bertz CT molecular complexity index is 580. The molecule has 0 radical (unpaired) electrons. The Labute approximate surface area is 172 Å². The van der Waals surface area contributed by atoms with Crippen LogP contribution in [0.1, 0.15) is 34.1 Å². The largest absolute Gasteiger partial charge is 0.463 e. The summed E-state index contributed by atoms with van der Waals surface area (Å²) in [5, 5.41) is 0. The van der Waals surface area contributed by atoms with E-state index >= 15 is 0 Å². The standard InChI is InChI=1S/C18H26O8S2/c1-5-6-7-8-27-28-18-17(25-13(4)22)14(9-19)16(24-12(3)21)15(26-18)10-23-11(2)20/h6-7,9,14-18H,5,8,10H2,1-4H3/b7-6-/t14?,15?,16-,17?,18-/m0/s1. The van der Waals surface area contributed by atoms with Crippen molar-refractivity contribution in [2.24, 2.45) is 5.92 Å². The van der Waals surface area contributed by atoms with Crippen LogP contribution in [0.2, 0.25) is 0 Å². The summed E-state index contributed by atoms with van der Waals surface area (Å²) in [6, 6.07) is 0. The lowest BCUT2D eigenvalue weighted by atomic mass is 9.90. The van der Waals surface area contributed by atoms with Crippen LogP contribution in [-0.2, 0) is 38.1 Å². The SMILES string of the molecule is CC/C=C\CSS[C@@H]1OC(COC(C)=O)[C@@H](OC(C)=O)C(C=O)C1OC(C)=O. The van der Waals surface area contributed by atoms with Crippen molar-refractivity contribution in [3.05, 3.63) is 12.2 Å². The molecular weight excluding hydrogens is 408 g/mol. The molecule has 0 aromatic carbocycles. The highest BCUT2D eigenvalue weighted by molar-refractivity contribution is 8.76. The Morgan fingerprint density at radius 1 is 1.00 bits per heavy atom. The fourth-order valence-electron chi connectivity index (χ4n) is 2.56. The number of esters is 3. The van der Waals surface area contributed by atoms with Gasteiger partial charge in [-0.2, -0.15) is 0 Å². The third-order valence-corrected chi connectivity index (χ3v) is 6.06. The Balaban J connectivity index is 3.04.